The summed E-state index contributed by atoms with van der Waals surface area (Å²) in [6, 6.07) is 6.82. The van der Waals surface area contributed by atoms with Crippen LogP contribution in [0.25, 0.3) is 0 Å². The van der Waals surface area contributed by atoms with E-state index in [4.69, 9.17) is 5.73 Å². The molecular formula is C11H18N2O2S2. The summed E-state index contributed by atoms with van der Waals surface area (Å²) in [5, 5.41) is 0. The molecule has 0 spiro atoms. The standard InChI is InChI=1S/C11H18N2O2S2/c1-9(7-16-2)13-17(14,15)8-10-3-5-11(12)6-4-10/h3-6,9,13H,7-8,12H2,1-2H3. The van der Waals surface area contributed by atoms with E-state index in [1.54, 1.807) is 36.0 Å². The number of nitrogen functional groups attached to an aromatic ring is 1. The summed E-state index contributed by atoms with van der Waals surface area (Å²) < 4.78 is 26.3. The molecule has 1 unspecified atom stereocenters. The largest absolute Gasteiger partial charge is 0.399 e. The van der Waals surface area contributed by atoms with Crippen molar-refractivity contribution in [3.8, 4) is 0 Å². The quantitative estimate of drug-likeness (QED) is 0.770. The van der Waals surface area contributed by atoms with Crippen molar-refractivity contribution in [1.29, 1.82) is 0 Å². The van der Waals surface area contributed by atoms with E-state index in [1.807, 2.05) is 13.2 Å². The van der Waals surface area contributed by atoms with Crippen molar-refractivity contribution in [1.82, 2.24) is 4.72 Å². The number of hydrogen-bond donors (Lipinski definition) is 2. The minimum atomic E-state index is -3.27. The van der Waals surface area contributed by atoms with Gasteiger partial charge in [0, 0.05) is 17.5 Å². The molecule has 0 bridgehead atoms. The number of thioether (sulfide) groups is 1. The number of nitrogens with two attached hydrogens (primary N) is 1. The summed E-state index contributed by atoms with van der Waals surface area (Å²) in [4.78, 5) is 0. The first kappa shape index (κ1) is 14.3. The van der Waals surface area contributed by atoms with E-state index < -0.39 is 10.0 Å². The lowest BCUT2D eigenvalue weighted by atomic mass is 10.2. The topological polar surface area (TPSA) is 72.2 Å². The fourth-order valence-electron chi connectivity index (χ4n) is 1.47. The normalized spacial score (nSPS) is 13.5. The van der Waals surface area contributed by atoms with Crippen molar-refractivity contribution in [2.24, 2.45) is 0 Å². The lowest BCUT2D eigenvalue weighted by Crippen LogP contribution is -2.35. The zero-order valence-electron chi connectivity index (χ0n) is 10.0. The summed E-state index contributed by atoms with van der Waals surface area (Å²) in [5.74, 6) is 0.757. The number of anilines is 1. The molecule has 1 aromatic rings. The van der Waals surface area contributed by atoms with Crippen molar-refractivity contribution in [3.05, 3.63) is 29.8 Å². The minimum Gasteiger partial charge on any atom is -0.399 e. The molecule has 0 saturated heterocycles. The number of nitrogens with one attached hydrogen (secondary N) is 1. The zero-order chi connectivity index (χ0) is 12.9. The van der Waals surface area contributed by atoms with Crippen LogP contribution < -0.4 is 10.5 Å². The van der Waals surface area contributed by atoms with Crippen molar-refractivity contribution >= 4 is 27.5 Å². The molecule has 4 nitrogen and oxygen atoms in total. The van der Waals surface area contributed by atoms with Gasteiger partial charge in [-0.1, -0.05) is 12.1 Å². The third-order valence-electron chi connectivity index (χ3n) is 2.13. The van der Waals surface area contributed by atoms with E-state index in [1.165, 1.54) is 0 Å². The third-order valence-corrected chi connectivity index (χ3v) is 4.44. The Labute approximate surface area is 107 Å². The predicted octanol–water partition coefficient (Wildman–Crippen LogP) is 1.44. The number of benzene rings is 1. The summed E-state index contributed by atoms with van der Waals surface area (Å²) in [6.45, 7) is 1.86. The second-order valence-corrected chi connectivity index (χ2v) is 6.64. The Balaban J connectivity index is 2.63. The maximum absolute atomic E-state index is 11.8. The highest BCUT2D eigenvalue weighted by atomic mass is 32.2. The maximum atomic E-state index is 11.8. The number of rotatable bonds is 6. The van der Waals surface area contributed by atoms with E-state index in [2.05, 4.69) is 4.72 Å². The van der Waals surface area contributed by atoms with Crippen LogP contribution in [0.1, 0.15) is 12.5 Å². The highest BCUT2D eigenvalue weighted by Gasteiger charge is 2.14. The van der Waals surface area contributed by atoms with Gasteiger partial charge in [0.1, 0.15) is 0 Å². The van der Waals surface area contributed by atoms with E-state index in [-0.39, 0.29) is 11.8 Å². The van der Waals surface area contributed by atoms with Crippen LogP contribution in [0.2, 0.25) is 0 Å². The Hall–Kier alpha value is -0.720. The van der Waals surface area contributed by atoms with Gasteiger partial charge in [0.2, 0.25) is 10.0 Å². The number of hydrogen-bond acceptors (Lipinski definition) is 4. The Morgan fingerprint density at radius 3 is 2.47 bits per heavy atom. The zero-order valence-corrected chi connectivity index (χ0v) is 11.6. The van der Waals surface area contributed by atoms with Crippen molar-refractivity contribution in [3.63, 3.8) is 0 Å². The van der Waals surface area contributed by atoms with Crippen LogP contribution in [-0.2, 0) is 15.8 Å². The summed E-state index contributed by atoms with van der Waals surface area (Å²) >= 11 is 1.62. The predicted molar refractivity (Wildman–Crippen MR) is 74.5 cm³/mol. The van der Waals surface area contributed by atoms with E-state index in [9.17, 15) is 8.42 Å². The molecule has 1 aromatic carbocycles. The third kappa shape index (κ3) is 5.43. The smallest absolute Gasteiger partial charge is 0.216 e. The van der Waals surface area contributed by atoms with Crippen LogP contribution in [0.15, 0.2) is 24.3 Å². The fraction of sp³-hybridized carbons (Fsp3) is 0.455. The van der Waals surface area contributed by atoms with Crippen LogP contribution >= 0.6 is 11.8 Å². The molecule has 96 valence electrons. The molecule has 0 aliphatic carbocycles. The van der Waals surface area contributed by atoms with E-state index in [0.717, 1.165) is 11.3 Å². The molecule has 1 atom stereocenters. The Morgan fingerprint density at radius 1 is 1.35 bits per heavy atom. The Kier molecular flexibility index (Phi) is 5.30. The number of sulfonamides is 1. The van der Waals surface area contributed by atoms with Gasteiger partial charge in [-0.05, 0) is 30.9 Å². The fourth-order valence-corrected chi connectivity index (χ4v) is 3.57. The van der Waals surface area contributed by atoms with Crippen molar-refractivity contribution in [2.45, 2.75) is 18.7 Å². The second-order valence-electron chi connectivity index (χ2n) is 3.97. The Bertz CT molecular complexity index is 443. The highest BCUT2D eigenvalue weighted by Crippen LogP contribution is 2.09. The molecule has 0 aliphatic heterocycles. The van der Waals surface area contributed by atoms with Gasteiger partial charge in [-0.15, -0.1) is 0 Å². The first-order valence-corrected chi connectivity index (χ1v) is 8.31. The molecule has 6 heteroatoms. The van der Waals surface area contributed by atoms with Crippen LogP contribution in [0, 0.1) is 0 Å². The van der Waals surface area contributed by atoms with Gasteiger partial charge in [-0.3, -0.25) is 0 Å². The van der Waals surface area contributed by atoms with Crippen molar-refractivity contribution < 1.29 is 8.42 Å². The molecule has 0 aromatic heterocycles. The first-order chi connectivity index (χ1) is 7.93. The molecule has 3 N–H and O–H groups in total. The first-order valence-electron chi connectivity index (χ1n) is 5.26. The summed E-state index contributed by atoms with van der Waals surface area (Å²) in [6.07, 6.45) is 1.95. The molecule has 0 saturated carbocycles. The lowest BCUT2D eigenvalue weighted by molar-refractivity contribution is 0.570. The van der Waals surface area contributed by atoms with E-state index in [0.29, 0.717) is 5.69 Å². The van der Waals surface area contributed by atoms with Gasteiger partial charge < -0.3 is 5.73 Å². The van der Waals surface area contributed by atoms with Gasteiger partial charge in [0.15, 0.2) is 0 Å². The van der Waals surface area contributed by atoms with Gasteiger partial charge >= 0.3 is 0 Å². The Morgan fingerprint density at radius 2 is 1.94 bits per heavy atom. The minimum absolute atomic E-state index is 0.00794. The van der Waals surface area contributed by atoms with Crippen molar-refractivity contribution in [2.75, 3.05) is 17.7 Å². The molecule has 0 aliphatic rings. The van der Waals surface area contributed by atoms with Crippen LogP contribution in [-0.4, -0.2) is 26.5 Å². The lowest BCUT2D eigenvalue weighted by Gasteiger charge is -2.12. The van der Waals surface area contributed by atoms with Crippen LogP contribution in [0.3, 0.4) is 0 Å². The monoisotopic (exact) mass is 274 g/mol. The van der Waals surface area contributed by atoms with Gasteiger partial charge in [0.05, 0.1) is 5.75 Å². The molecule has 0 amide bonds. The molecule has 0 fully saturated rings. The molecule has 0 radical (unpaired) electrons. The second kappa shape index (κ2) is 6.28. The van der Waals surface area contributed by atoms with Gasteiger partial charge in [0.25, 0.3) is 0 Å². The van der Waals surface area contributed by atoms with E-state index >= 15 is 0 Å². The SMILES string of the molecule is CSCC(C)NS(=O)(=O)Cc1ccc(N)cc1. The van der Waals surface area contributed by atoms with Gasteiger partial charge in [-0.2, -0.15) is 11.8 Å². The van der Waals surface area contributed by atoms with Crippen LogP contribution in [0.5, 0.6) is 0 Å². The average molecular weight is 274 g/mol. The molecule has 17 heavy (non-hydrogen) atoms. The average Bonchev–Trinajstić information content (AvgIpc) is 2.20. The highest BCUT2D eigenvalue weighted by molar-refractivity contribution is 7.98. The molecular weight excluding hydrogens is 256 g/mol. The van der Waals surface area contributed by atoms with Crippen LogP contribution in [0.4, 0.5) is 5.69 Å². The summed E-state index contributed by atoms with van der Waals surface area (Å²) in [5.41, 5.74) is 6.92. The molecule has 1 rings (SSSR count). The maximum Gasteiger partial charge on any atom is 0.216 e. The summed E-state index contributed by atoms with van der Waals surface area (Å²) in [7, 11) is -3.27. The molecule has 0 heterocycles. The van der Waals surface area contributed by atoms with Gasteiger partial charge in [-0.25, -0.2) is 13.1 Å².